The molecule has 0 N–H and O–H groups in total. The van der Waals surface area contributed by atoms with Crippen molar-refractivity contribution < 1.29 is 14.3 Å². The van der Waals surface area contributed by atoms with Crippen molar-refractivity contribution in [3.05, 3.63) is 54.5 Å². The minimum Gasteiger partial charge on any atom is -0.465 e. The van der Waals surface area contributed by atoms with Crippen LogP contribution in [0.3, 0.4) is 0 Å². The first-order chi connectivity index (χ1) is 7.68. The van der Waals surface area contributed by atoms with Crippen molar-refractivity contribution in [1.29, 1.82) is 0 Å². The number of esters is 1. The molecule has 0 heterocycles. The van der Waals surface area contributed by atoms with Crippen molar-refractivity contribution in [2.45, 2.75) is 13.8 Å². The van der Waals surface area contributed by atoms with Crippen molar-refractivity contribution in [3.8, 4) is 5.75 Å². The highest BCUT2D eigenvalue weighted by atomic mass is 16.5. The van der Waals surface area contributed by atoms with Crippen LogP contribution in [0, 0.1) is 0 Å². The van der Waals surface area contributed by atoms with Gasteiger partial charge in [-0.1, -0.05) is 18.2 Å². The van der Waals surface area contributed by atoms with Gasteiger partial charge in [-0.2, -0.15) is 0 Å². The van der Waals surface area contributed by atoms with E-state index in [1.165, 1.54) is 13.2 Å². The largest absolute Gasteiger partial charge is 0.465 e. The summed E-state index contributed by atoms with van der Waals surface area (Å²) in [5.74, 6) is 0.427. The van der Waals surface area contributed by atoms with E-state index in [0.29, 0.717) is 0 Å². The number of hydrogen-bond acceptors (Lipinski definition) is 3. The Morgan fingerprint density at radius 2 is 1.88 bits per heavy atom. The van der Waals surface area contributed by atoms with E-state index in [-0.39, 0.29) is 5.97 Å². The molecule has 0 aromatic heterocycles. The summed E-state index contributed by atoms with van der Waals surface area (Å²) in [7, 11) is 0. The van der Waals surface area contributed by atoms with Crippen LogP contribution in [0.1, 0.15) is 13.8 Å². The van der Waals surface area contributed by atoms with Gasteiger partial charge in [-0.3, -0.25) is 4.79 Å². The smallest absolute Gasteiger partial charge is 0.307 e. The molecule has 0 amide bonds. The third-order valence-corrected chi connectivity index (χ3v) is 1.69. The van der Waals surface area contributed by atoms with E-state index in [1.54, 1.807) is 12.3 Å². The number of allylic oxidation sites excluding steroid dienone is 2. The molecule has 1 rings (SSSR count). The molecular formula is C13H14O3. The molecule has 0 radical (unpaired) electrons. The Morgan fingerprint density at radius 1 is 1.19 bits per heavy atom. The van der Waals surface area contributed by atoms with Crippen molar-refractivity contribution in [2.75, 3.05) is 0 Å². The van der Waals surface area contributed by atoms with Gasteiger partial charge >= 0.3 is 5.97 Å². The Kier molecular flexibility index (Phi) is 4.86. The summed E-state index contributed by atoms with van der Waals surface area (Å²) in [5, 5.41) is 0. The lowest BCUT2D eigenvalue weighted by atomic mass is 10.3. The Morgan fingerprint density at radius 3 is 2.50 bits per heavy atom. The molecule has 0 saturated heterocycles. The number of para-hydroxylation sites is 1. The Labute approximate surface area is 95.0 Å². The molecule has 0 spiro atoms. The van der Waals surface area contributed by atoms with Crippen LogP contribution < -0.4 is 4.74 Å². The topological polar surface area (TPSA) is 35.5 Å². The molecule has 3 nitrogen and oxygen atoms in total. The maximum Gasteiger partial charge on any atom is 0.307 e. The highest BCUT2D eigenvalue weighted by Crippen LogP contribution is 2.08. The predicted molar refractivity (Wildman–Crippen MR) is 61.7 cm³/mol. The van der Waals surface area contributed by atoms with Crippen LogP contribution in [0.4, 0.5) is 0 Å². The number of rotatable bonds is 4. The minimum atomic E-state index is -0.336. The fourth-order valence-electron chi connectivity index (χ4n) is 0.934. The fraction of sp³-hybridized carbons (Fsp3) is 0.154. The van der Waals surface area contributed by atoms with Gasteiger partial charge in [0.2, 0.25) is 0 Å². The van der Waals surface area contributed by atoms with Crippen molar-refractivity contribution in [1.82, 2.24) is 0 Å². The van der Waals surface area contributed by atoms with Gasteiger partial charge in [0.15, 0.2) is 0 Å². The zero-order chi connectivity index (χ0) is 11.8. The number of hydrogen-bond donors (Lipinski definition) is 0. The summed E-state index contributed by atoms with van der Waals surface area (Å²) in [6.07, 6.45) is 4.65. The number of carbonyl (C=O) groups excluding carboxylic acids is 1. The summed E-state index contributed by atoms with van der Waals surface area (Å²) in [4.78, 5) is 10.5. The normalized spacial score (nSPS) is 11.5. The van der Waals surface area contributed by atoms with Crippen LogP contribution in [0.15, 0.2) is 54.5 Å². The zero-order valence-corrected chi connectivity index (χ0v) is 9.34. The second-order valence-corrected chi connectivity index (χ2v) is 3.20. The number of carbonyl (C=O) groups is 1. The van der Waals surface area contributed by atoms with Crippen molar-refractivity contribution >= 4 is 5.97 Å². The fourth-order valence-corrected chi connectivity index (χ4v) is 0.934. The van der Waals surface area contributed by atoms with Gasteiger partial charge < -0.3 is 9.47 Å². The van der Waals surface area contributed by atoms with Crippen LogP contribution >= 0.6 is 0 Å². The van der Waals surface area contributed by atoms with E-state index in [4.69, 9.17) is 9.47 Å². The van der Waals surface area contributed by atoms with Crippen LogP contribution in [0.5, 0.6) is 5.75 Å². The lowest BCUT2D eigenvalue weighted by Crippen LogP contribution is -1.90. The first-order valence-electron chi connectivity index (χ1n) is 4.91. The lowest BCUT2D eigenvalue weighted by molar-refractivity contribution is -0.135. The molecule has 84 valence electrons. The second-order valence-electron chi connectivity index (χ2n) is 3.20. The Balaban J connectivity index is 2.43. The van der Waals surface area contributed by atoms with E-state index < -0.39 is 0 Å². The molecule has 0 aliphatic carbocycles. The van der Waals surface area contributed by atoms with Crippen LogP contribution in [-0.4, -0.2) is 5.97 Å². The van der Waals surface area contributed by atoms with Gasteiger partial charge in [0.25, 0.3) is 0 Å². The van der Waals surface area contributed by atoms with E-state index >= 15 is 0 Å². The van der Waals surface area contributed by atoms with Gasteiger partial charge in [-0.25, -0.2) is 0 Å². The summed E-state index contributed by atoms with van der Waals surface area (Å²) in [6.45, 7) is 3.17. The molecule has 0 bridgehead atoms. The van der Waals surface area contributed by atoms with E-state index in [9.17, 15) is 4.79 Å². The molecule has 0 aliphatic rings. The lowest BCUT2D eigenvalue weighted by Gasteiger charge is -1.98. The van der Waals surface area contributed by atoms with Crippen LogP contribution in [0.25, 0.3) is 0 Å². The maximum atomic E-state index is 10.5. The highest BCUT2D eigenvalue weighted by molar-refractivity contribution is 5.66. The zero-order valence-electron chi connectivity index (χ0n) is 9.34. The molecule has 16 heavy (non-hydrogen) atoms. The van der Waals surface area contributed by atoms with Crippen LogP contribution in [0.2, 0.25) is 0 Å². The molecule has 0 unspecified atom stereocenters. The molecule has 1 aromatic rings. The molecule has 0 saturated carbocycles. The van der Waals surface area contributed by atoms with Crippen molar-refractivity contribution in [3.63, 3.8) is 0 Å². The Bertz CT molecular complexity index is 391. The molecule has 3 heteroatoms. The second kappa shape index (κ2) is 6.45. The highest BCUT2D eigenvalue weighted by Gasteiger charge is 1.89. The Hall–Kier alpha value is -2.03. The van der Waals surface area contributed by atoms with E-state index in [2.05, 4.69) is 0 Å². The summed E-state index contributed by atoms with van der Waals surface area (Å²) in [6, 6.07) is 9.42. The third-order valence-electron chi connectivity index (χ3n) is 1.69. The SMILES string of the molecule is CC(=O)O/C=C(C)/C=C/Oc1ccccc1. The predicted octanol–water partition coefficient (Wildman–Crippen LogP) is 3.05. The molecule has 0 aliphatic heterocycles. The molecular weight excluding hydrogens is 204 g/mol. The third kappa shape index (κ3) is 5.00. The van der Waals surface area contributed by atoms with Crippen LogP contribution in [-0.2, 0) is 9.53 Å². The molecule has 0 fully saturated rings. The van der Waals surface area contributed by atoms with Gasteiger partial charge in [0.1, 0.15) is 5.75 Å². The summed E-state index contributed by atoms with van der Waals surface area (Å²) in [5.41, 5.74) is 0.797. The van der Waals surface area contributed by atoms with E-state index in [0.717, 1.165) is 11.3 Å². The molecule has 0 atom stereocenters. The summed E-state index contributed by atoms with van der Waals surface area (Å²) < 4.78 is 10.0. The number of benzene rings is 1. The monoisotopic (exact) mass is 218 g/mol. The maximum absolute atomic E-state index is 10.5. The van der Waals surface area contributed by atoms with Gasteiger partial charge in [0.05, 0.1) is 12.5 Å². The van der Waals surface area contributed by atoms with E-state index in [1.807, 2.05) is 37.3 Å². The molecule has 1 aromatic carbocycles. The summed E-state index contributed by atoms with van der Waals surface area (Å²) >= 11 is 0. The number of ether oxygens (including phenoxy) is 2. The standard InChI is InChI=1S/C13H14O3/c1-11(10-16-12(2)14)8-9-15-13-6-4-3-5-7-13/h3-10H,1-2H3/b9-8+,11-10+. The van der Waals surface area contributed by atoms with Gasteiger partial charge in [-0.15, -0.1) is 0 Å². The average molecular weight is 218 g/mol. The first kappa shape index (κ1) is 12.0. The first-order valence-corrected chi connectivity index (χ1v) is 4.91. The van der Waals surface area contributed by atoms with Gasteiger partial charge in [-0.05, 0) is 30.7 Å². The van der Waals surface area contributed by atoms with Crippen molar-refractivity contribution in [2.24, 2.45) is 0 Å². The van der Waals surface area contributed by atoms with Gasteiger partial charge in [0, 0.05) is 6.92 Å². The average Bonchev–Trinajstić information content (AvgIpc) is 2.28. The quantitative estimate of drug-likeness (QED) is 0.442. The minimum absolute atomic E-state index is 0.336.